The molecular formula is C24H40N3O6S+. The topological polar surface area (TPSA) is 139 Å². The summed E-state index contributed by atoms with van der Waals surface area (Å²) in [6.45, 7) is 8.58. The Bertz CT molecular complexity index is 856. The van der Waals surface area contributed by atoms with Crippen molar-refractivity contribution in [2.24, 2.45) is 23.0 Å². The molecule has 192 valence electrons. The average molecular weight is 499 g/mol. The number of nitrogens with zero attached hydrogens (tertiary/aromatic N) is 1. The van der Waals surface area contributed by atoms with E-state index in [9.17, 15) is 19.6 Å². The van der Waals surface area contributed by atoms with E-state index in [1.54, 1.807) is 13.2 Å². The molecule has 0 aromatic heterocycles. The molecule has 0 bridgehead atoms. The Hall–Kier alpha value is -1.88. The third kappa shape index (κ3) is 6.21. The summed E-state index contributed by atoms with van der Waals surface area (Å²) in [7, 11) is 1.56. The zero-order valence-electron chi connectivity index (χ0n) is 20.9. The number of carbonyl (C=O) groups excluding carboxylic acids is 2. The van der Waals surface area contributed by atoms with Crippen LogP contribution >= 0.6 is 11.8 Å². The van der Waals surface area contributed by atoms with Crippen molar-refractivity contribution in [3.63, 3.8) is 0 Å². The smallest absolute Gasteiger partial charge is 0.354 e. The normalized spacial score (nSPS) is 26.9. The van der Waals surface area contributed by atoms with Crippen molar-refractivity contribution in [3.8, 4) is 0 Å². The highest BCUT2D eigenvalue weighted by Crippen LogP contribution is 2.52. The zero-order valence-corrected chi connectivity index (χ0v) is 21.7. The van der Waals surface area contributed by atoms with Gasteiger partial charge in [0.15, 0.2) is 0 Å². The molecule has 1 heterocycles. The monoisotopic (exact) mass is 498 g/mol. The largest absolute Gasteiger partial charge is 0.481 e. The first-order valence-corrected chi connectivity index (χ1v) is 12.8. The van der Waals surface area contributed by atoms with E-state index in [1.807, 2.05) is 27.7 Å². The van der Waals surface area contributed by atoms with Crippen molar-refractivity contribution in [2.45, 2.75) is 65.0 Å². The van der Waals surface area contributed by atoms with Crippen LogP contribution < -0.4 is 11.1 Å². The van der Waals surface area contributed by atoms with Gasteiger partial charge in [0.1, 0.15) is 6.54 Å². The van der Waals surface area contributed by atoms with Crippen molar-refractivity contribution in [2.75, 3.05) is 26.8 Å². The maximum atomic E-state index is 13.8. The van der Waals surface area contributed by atoms with Crippen LogP contribution in [0.3, 0.4) is 0 Å². The molecule has 2 aliphatic rings. The standard InChI is InChI=1S/C24H39N3O6S/c1-6-8-16(9-7-10-18(28)29)23(31)27(32)14-15(2)34-21-19(22(30)26-11-12-33-5)24(3,4)13-17(25)20(21)27/h13,15-16,19,32H,6-12,14,25H2,1-5H3,(H-,26,28,29,30)/p+1/t15-,16+,19+,27+/m1/s1. The van der Waals surface area contributed by atoms with Gasteiger partial charge >= 0.3 is 11.9 Å². The molecule has 0 unspecified atom stereocenters. The fourth-order valence-electron chi connectivity index (χ4n) is 4.98. The van der Waals surface area contributed by atoms with E-state index < -0.39 is 27.9 Å². The number of amides is 2. The number of carboxylic acids is 1. The molecule has 9 nitrogen and oxygen atoms in total. The third-order valence-electron chi connectivity index (χ3n) is 6.42. The Morgan fingerprint density at radius 3 is 2.62 bits per heavy atom. The molecule has 1 aliphatic carbocycles. The van der Waals surface area contributed by atoms with Crippen LogP contribution in [0.25, 0.3) is 0 Å². The van der Waals surface area contributed by atoms with Crippen molar-refractivity contribution >= 4 is 29.5 Å². The number of hydroxylamine groups is 3. The summed E-state index contributed by atoms with van der Waals surface area (Å²) in [5.41, 5.74) is 6.42. The minimum Gasteiger partial charge on any atom is -0.481 e. The maximum absolute atomic E-state index is 13.8. The predicted molar refractivity (Wildman–Crippen MR) is 130 cm³/mol. The highest BCUT2D eigenvalue weighted by molar-refractivity contribution is 8.03. The van der Waals surface area contributed by atoms with Crippen LogP contribution in [0, 0.1) is 17.3 Å². The minimum atomic E-state index is -0.957. The first kappa shape index (κ1) is 28.4. The van der Waals surface area contributed by atoms with Gasteiger partial charge in [-0.25, -0.2) is 10.0 Å². The van der Waals surface area contributed by atoms with E-state index in [-0.39, 0.29) is 30.0 Å². The van der Waals surface area contributed by atoms with Gasteiger partial charge in [-0.1, -0.05) is 31.8 Å². The Morgan fingerprint density at radius 2 is 2.03 bits per heavy atom. The fraction of sp³-hybridized carbons (Fsp3) is 0.708. The number of nitrogens with one attached hydrogen (secondary N) is 1. The zero-order chi connectivity index (χ0) is 25.7. The number of hydrogen-bond donors (Lipinski definition) is 4. The van der Waals surface area contributed by atoms with Gasteiger partial charge in [0.05, 0.1) is 34.3 Å². The van der Waals surface area contributed by atoms with E-state index in [2.05, 4.69) is 5.32 Å². The molecule has 0 aromatic rings. The number of ether oxygens (including phenoxy) is 1. The number of carbonyl (C=O) groups is 3. The number of aliphatic carboxylic acids is 1. The van der Waals surface area contributed by atoms with Gasteiger partial charge in [0.25, 0.3) is 0 Å². The predicted octanol–water partition coefficient (Wildman–Crippen LogP) is 3.00. The molecule has 0 spiro atoms. The van der Waals surface area contributed by atoms with Crippen molar-refractivity contribution in [1.29, 1.82) is 0 Å². The van der Waals surface area contributed by atoms with E-state index in [4.69, 9.17) is 15.6 Å². The van der Waals surface area contributed by atoms with Gasteiger partial charge in [-0.15, -0.1) is 11.8 Å². The maximum Gasteiger partial charge on any atom is 0.354 e. The Labute approximate surface area is 206 Å². The second-order valence-electron chi connectivity index (χ2n) is 9.84. The molecule has 4 atom stereocenters. The second-order valence-corrected chi connectivity index (χ2v) is 11.3. The number of methoxy groups -OCH3 is 1. The Kier molecular flexibility index (Phi) is 9.76. The van der Waals surface area contributed by atoms with Gasteiger partial charge in [-0.3, -0.25) is 9.59 Å². The molecule has 0 saturated heterocycles. The lowest BCUT2D eigenvalue weighted by Crippen LogP contribution is -2.59. The van der Waals surface area contributed by atoms with Crippen LogP contribution in [0.1, 0.15) is 59.8 Å². The molecule has 5 N–H and O–H groups in total. The van der Waals surface area contributed by atoms with Gasteiger partial charge in [-0.2, -0.15) is 0 Å². The van der Waals surface area contributed by atoms with Gasteiger partial charge in [-0.05, 0) is 32.3 Å². The number of nitrogens with two attached hydrogens (primary N) is 1. The number of rotatable bonds is 11. The van der Waals surface area contributed by atoms with Crippen LogP contribution in [-0.4, -0.2) is 64.8 Å². The summed E-state index contributed by atoms with van der Waals surface area (Å²) in [6, 6.07) is 0. The third-order valence-corrected chi connectivity index (χ3v) is 7.66. The number of quaternary nitrogens is 1. The summed E-state index contributed by atoms with van der Waals surface area (Å²) in [5.74, 6) is -2.62. The summed E-state index contributed by atoms with van der Waals surface area (Å²) in [5, 5.41) is 23.7. The number of allylic oxidation sites excluding steroid dienone is 1. The van der Waals surface area contributed by atoms with Crippen LogP contribution in [0.15, 0.2) is 22.4 Å². The molecule has 0 fully saturated rings. The molecule has 10 heteroatoms. The van der Waals surface area contributed by atoms with Gasteiger partial charge < -0.3 is 20.9 Å². The summed E-state index contributed by atoms with van der Waals surface area (Å²) >= 11 is 1.48. The summed E-state index contributed by atoms with van der Waals surface area (Å²) in [4.78, 5) is 38.7. The van der Waals surface area contributed by atoms with Gasteiger partial charge in [0, 0.05) is 25.5 Å². The molecule has 1 aliphatic heterocycles. The lowest BCUT2D eigenvalue weighted by Gasteiger charge is -2.45. The molecule has 2 rings (SSSR count). The highest BCUT2D eigenvalue weighted by Gasteiger charge is 2.56. The molecule has 0 aromatic carbocycles. The average Bonchev–Trinajstić information content (AvgIpc) is 2.71. The van der Waals surface area contributed by atoms with Crippen LogP contribution in [-0.2, 0) is 19.1 Å². The summed E-state index contributed by atoms with van der Waals surface area (Å²) in [6.07, 6.45) is 3.73. The summed E-state index contributed by atoms with van der Waals surface area (Å²) < 4.78 is 4.09. The van der Waals surface area contributed by atoms with Crippen molar-refractivity contribution < 1.29 is 34.1 Å². The molecular weight excluding hydrogens is 458 g/mol. The lowest BCUT2D eigenvalue weighted by atomic mass is 9.73. The minimum absolute atomic E-state index is 0.0287. The number of hydrogen-bond acceptors (Lipinski definition) is 7. The van der Waals surface area contributed by atoms with Crippen LogP contribution in [0.5, 0.6) is 0 Å². The van der Waals surface area contributed by atoms with E-state index in [0.29, 0.717) is 48.7 Å². The first-order valence-electron chi connectivity index (χ1n) is 11.9. The Morgan fingerprint density at radius 1 is 1.35 bits per heavy atom. The van der Waals surface area contributed by atoms with E-state index >= 15 is 0 Å². The Balaban J connectivity index is 2.50. The first-order chi connectivity index (χ1) is 15.9. The fourth-order valence-corrected chi connectivity index (χ4v) is 6.63. The quantitative estimate of drug-likeness (QED) is 0.194. The highest BCUT2D eigenvalue weighted by atomic mass is 32.2. The van der Waals surface area contributed by atoms with Crippen LogP contribution in [0.4, 0.5) is 0 Å². The van der Waals surface area contributed by atoms with Crippen molar-refractivity contribution in [3.05, 3.63) is 22.4 Å². The molecule has 2 amide bonds. The van der Waals surface area contributed by atoms with E-state index in [0.717, 1.165) is 6.42 Å². The van der Waals surface area contributed by atoms with Crippen LogP contribution in [0.2, 0.25) is 0 Å². The van der Waals surface area contributed by atoms with Crippen molar-refractivity contribution in [1.82, 2.24) is 5.32 Å². The molecule has 0 saturated carbocycles. The number of thioether (sulfide) groups is 1. The second kappa shape index (κ2) is 11.7. The molecule has 0 radical (unpaired) electrons. The molecule has 34 heavy (non-hydrogen) atoms. The SMILES string of the molecule is CCC[C@@H](CCCC(=O)O)C(=O)[N@+]1(O)C[C@@H](C)SC2=C1C(N)=CC(C)(C)[C@@H]2C(=O)NCCOC. The van der Waals surface area contributed by atoms with E-state index in [1.165, 1.54) is 11.8 Å². The van der Waals surface area contributed by atoms with Gasteiger partial charge in [0.2, 0.25) is 11.6 Å². The number of carboxylic acid groups (broad SMARTS) is 1. The lowest BCUT2D eigenvalue weighted by molar-refractivity contribution is -1.01.